The Balaban J connectivity index is 2.86. The molecule has 0 aliphatic carbocycles. The number of hydrogen-bond acceptors (Lipinski definition) is 3. The maximum atomic E-state index is 10.7. The van der Waals surface area contributed by atoms with E-state index in [0.717, 1.165) is 21.9 Å². The summed E-state index contributed by atoms with van der Waals surface area (Å²) in [5.41, 5.74) is 2.08. The maximum absolute atomic E-state index is 10.7. The summed E-state index contributed by atoms with van der Waals surface area (Å²) in [5.74, 6) is 0. The number of fused-ring (bicyclic) bond motifs is 1. The van der Waals surface area contributed by atoms with Gasteiger partial charge >= 0.3 is 0 Å². The van der Waals surface area contributed by atoms with E-state index < -0.39 is 0 Å². The van der Waals surface area contributed by atoms with Gasteiger partial charge in [0.25, 0.3) is 0 Å². The van der Waals surface area contributed by atoms with Crippen LogP contribution in [0.2, 0.25) is 0 Å². The second-order valence-corrected chi connectivity index (χ2v) is 4.00. The van der Waals surface area contributed by atoms with Gasteiger partial charge in [0.1, 0.15) is 0 Å². The third kappa shape index (κ3) is 1.21. The molecule has 1 heterocycles. The fourth-order valence-corrected chi connectivity index (χ4v) is 2.38. The highest BCUT2D eigenvalue weighted by atomic mass is 32.1. The SMILES string of the molecule is Cc1csc2cc(C=O)c(C#N)cc12. The molecule has 1 aromatic carbocycles. The summed E-state index contributed by atoms with van der Waals surface area (Å²) in [5, 5.41) is 11.9. The zero-order valence-electron chi connectivity index (χ0n) is 7.57. The summed E-state index contributed by atoms with van der Waals surface area (Å²) in [6.45, 7) is 2.00. The third-order valence-electron chi connectivity index (χ3n) is 2.19. The van der Waals surface area contributed by atoms with Gasteiger partial charge in [-0.2, -0.15) is 5.26 Å². The number of nitriles is 1. The largest absolute Gasteiger partial charge is 0.298 e. The second kappa shape index (κ2) is 3.24. The molecule has 0 saturated heterocycles. The van der Waals surface area contributed by atoms with E-state index in [4.69, 9.17) is 5.26 Å². The molecule has 0 aliphatic rings. The van der Waals surface area contributed by atoms with E-state index in [1.807, 2.05) is 18.4 Å². The predicted molar refractivity (Wildman–Crippen MR) is 56.7 cm³/mol. The highest BCUT2D eigenvalue weighted by molar-refractivity contribution is 7.17. The minimum atomic E-state index is 0.453. The normalized spacial score (nSPS) is 10.0. The molecule has 2 rings (SSSR count). The number of hydrogen-bond donors (Lipinski definition) is 0. The van der Waals surface area contributed by atoms with Crippen LogP contribution < -0.4 is 0 Å². The van der Waals surface area contributed by atoms with Crippen LogP contribution in [0, 0.1) is 18.3 Å². The van der Waals surface area contributed by atoms with Crippen LogP contribution in [-0.4, -0.2) is 6.29 Å². The summed E-state index contributed by atoms with van der Waals surface area (Å²) < 4.78 is 1.06. The van der Waals surface area contributed by atoms with Crippen LogP contribution in [0.4, 0.5) is 0 Å². The molecule has 0 N–H and O–H groups in total. The Morgan fingerprint density at radius 2 is 2.29 bits per heavy atom. The van der Waals surface area contributed by atoms with Gasteiger partial charge in [0.15, 0.2) is 6.29 Å². The Morgan fingerprint density at radius 3 is 2.93 bits per heavy atom. The van der Waals surface area contributed by atoms with Gasteiger partial charge < -0.3 is 0 Å². The molecule has 2 nitrogen and oxygen atoms in total. The molecule has 0 unspecified atom stereocenters. The van der Waals surface area contributed by atoms with Gasteiger partial charge in [-0.15, -0.1) is 11.3 Å². The van der Waals surface area contributed by atoms with E-state index in [0.29, 0.717) is 11.1 Å². The number of thiophene rings is 1. The van der Waals surface area contributed by atoms with Crippen molar-refractivity contribution in [2.45, 2.75) is 6.92 Å². The van der Waals surface area contributed by atoms with Crippen molar-refractivity contribution in [3.8, 4) is 6.07 Å². The minimum absolute atomic E-state index is 0.453. The lowest BCUT2D eigenvalue weighted by atomic mass is 10.1. The summed E-state index contributed by atoms with van der Waals surface area (Å²) in [6, 6.07) is 5.59. The first-order chi connectivity index (χ1) is 6.76. The maximum Gasteiger partial charge on any atom is 0.151 e. The molecule has 3 heteroatoms. The second-order valence-electron chi connectivity index (χ2n) is 3.08. The molecule has 0 fully saturated rings. The van der Waals surface area contributed by atoms with Crippen molar-refractivity contribution >= 4 is 27.7 Å². The summed E-state index contributed by atoms with van der Waals surface area (Å²) in [7, 11) is 0. The molecule has 0 amide bonds. The van der Waals surface area contributed by atoms with E-state index >= 15 is 0 Å². The lowest BCUT2D eigenvalue weighted by Gasteiger charge is -1.96. The molecule has 0 aliphatic heterocycles. The van der Waals surface area contributed by atoms with Crippen molar-refractivity contribution in [2.75, 3.05) is 0 Å². The summed E-state index contributed by atoms with van der Waals surface area (Å²) in [4.78, 5) is 10.7. The van der Waals surface area contributed by atoms with Gasteiger partial charge in [0, 0.05) is 10.3 Å². The van der Waals surface area contributed by atoms with Crippen molar-refractivity contribution in [3.05, 3.63) is 34.2 Å². The van der Waals surface area contributed by atoms with Gasteiger partial charge in [-0.05, 0) is 35.4 Å². The average molecular weight is 201 g/mol. The smallest absolute Gasteiger partial charge is 0.151 e. The molecular formula is C11H7NOS. The standard InChI is InChI=1S/C11H7NOS/c1-7-6-14-11-3-9(5-13)8(4-12)2-10(7)11/h2-3,5-6H,1H3. The van der Waals surface area contributed by atoms with E-state index in [9.17, 15) is 4.79 Å². The van der Waals surface area contributed by atoms with E-state index in [2.05, 4.69) is 0 Å². The summed E-state index contributed by atoms with van der Waals surface area (Å²) in [6.07, 6.45) is 0.729. The molecule has 0 saturated carbocycles. The quantitative estimate of drug-likeness (QED) is 0.665. The Morgan fingerprint density at radius 1 is 1.50 bits per heavy atom. The Hall–Kier alpha value is -1.66. The van der Waals surface area contributed by atoms with Crippen LogP contribution >= 0.6 is 11.3 Å². The molecule has 0 spiro atoms. The van der Waals surface area contributed by atoms with Crippen molar-refractivity contribution < 1.29 is 4.79 Å². The van der Waals surface area contributed by atoms with E-state index in [1.54, 1.807) is 23.5 Å². The number of rotatable bonds is 1. The molecule has 0 bridgehead atoms. The minimum Gasteiger partial charge on any atom is -0.298 e. The van der Waals surface area contributed by atoms with Crippen LogP contribution in [0.15, 0.2) is 17.5 Å². The lowest BCUT2D eigenvalue weighted by molar-refractivity contribution is 0.112. The number of carbonyl (C=O) groups is 1. The van der Waals surface area contributed by atoms with Crippen molar-refractivity contribution in [3.63, 3.8) is 0 Å². The molecule has 68 valence electrons. The Labute approximate surface area is 85.4 Å². The van der Waals surface area contributed by atoms with Crippen molar-refractivity contribution in [1.29, 1.82) is 5.26 Å². The highest BCUT2D eigenvalue weighted by Crippen LogP contribution is 2.27. The van der Waals surface area contributed by atoms with Gasteiger partial charge in [-0.1, -0.05) is 0 Å². The van der Waals surface area contributed by atoms with Crippen LogP contribution in [-0.2, 0) is 0 Å². The van der Waals surface area contributed by atoms with Crippen LogP contribution in [0.25, 0.3) is 10.1 Å². The van der Waals surface area contributed by atoms with Crippen molar-refractivity contribution in [2.24, 2.45) is 0 Å². The first-order valence-corrected chi connectivity index (χ1v) is 5.01. The monoisotopic (exact) mass is 201 g/mol. The first kappa shape index (κ1) is 8.92. The number of aryl methyl sites for hydroxylation is 1. The molecule has 0 atom stereocenters. The molecule has 1 aromatic heterocycles. The first-order valence-electron chi connectivity index (χ1n) is 4.13. The molecule has 0 radical (unpaired) electrons. The van der Waals surface area contributed by atoms with Gasteiger partial charge in [-0.3, -0.25) is 4.79 Å². The van der Waals surface area contributed by atoms with E-state index in [-0.39, 0.29) is 0 Å². The van der Waals surface area contributed by atoms with Gasteiger partial charge in [0.05, 0.1) is 11.6 Å². The summed E-state index contributed by atoms with van der Waals surface area (Å²) >= 11 is 1.59. The molecule has 2 aromatic rings. The van der Waals surface area contributed by atoms with Crippen molar-refractivity contribution in [1.82, 2.24) is 0 Å². The Kier molecular flexibility index (Phi) is 2.06. The lowest BCUT2D eigenvalue weighted by Crippen LogP contribution is -1.86. The topological polar surface area (TPSA) is 40.9 Å². The predicted octanol–water partition coefficient (Wildman–Crippen LogP) is 2.89. The van der Waals surface area contributed by atoms with Gasteiger partial charge in [0.2, 0.25) is 0 Å². The zero-order valence-corrected chi connectivity index (χ0v) is 8.39. The number of aldehydes is 1. The Bertz CT molecular complexity index is 548. The van der Waals surface area contributed by atoms with Crippen LogP contribution in [0.3, 0.4) is 0 Å². The molecule has 14 heavy (non-hydrogen) atoms. The number of benzene rings is 1. The average Bonchev–Trinajstić information content (AvgIpc) is 2.58. The van der Waals surface area contributed by atoms with Crippen LogP contribution in [0.5, 0.6) is 0 Å². The van der Waals surface area contributed by atoms with E-state index in [1.165, 1.54) is 0 Å². The zero-order chi connectivity index (χ0) is 10.1. The highest BCUT2D eigenvalue weighted by Gasteiger charge is 2.06. The molecular weight excluding hydrogens is 194 g/mol. The number of carbonyl (C=O) groups excluding carboxylic acids is 1. The fourth-order valence-electron chi connectivity index (χ4n) is 1.41. The number of nitrogens with zero attached hydrogens (tertiary/aromatic N) is 1. The van der Waals surface area contributed by atoms with Crippen LogP contribution in [0.1, 0.15) is 21.5 Å². The van der Waals surface area contributed by atoms with Gasteiger partial charge in [-0.25, -0.2) is 0 Å². The fraction of sp³-hybridized carbons (Fsp3) is 0.0909. The third-order valence-corrected chi connectivity index (χ3v) is 3.25.